The van der Waals surface area contributed by atoms with Crippen LogP contribution in [0.1, 0.15) is 59.3 Å². The molecule has 20 heavy (non-hydrogen) atoms. The minimum Gasteiger partial charge on any atom is -0.313 e. The first-order chi connectivity index (χ1) is 9.45. The molecule has 0 radical (unpaired) electrons. The van der Waals surface area contributed by atoms with E-state index in [-0.39, 0.29) is 11.3 Å². The van der Waals surface area contributed by atoms with Gasteiger partial charge in [-0.15, -0.1) is 0 Å². The van der Waals surface area contributed by atoms with Crippen molar-refractivity contribution >= 4 is 9.84 Å². The number of sulfone groups is 1. The van der Waals surface area contributed by atoms with Gasteiger partial charge in [-0.3, -0.25) is 0 Å². The zero-order valence-corrected chi connectivity index (χ0v) is 14.1. The molecule has 118 valence electrons. The van der Waals surface area contributed by atoms with E-state index in [1.165, 1.54) is 19.3 Å². The third kappa shape index (κ3) is 3.56. The van der Waals surface area contributed by atoms with E-state index in [4.69, 9.17) is 0 Å². The zero-order chi connectivity index (χ0) is 14.8. The molecule has 5 unspecified atom stereocenters. The summed E-state index contributed by atoms with van der Waals surface area (Å²) in [5, 5.41) is 3.40. The minimum atomic E-state index is -2.89. The van der Waals surface area contributed by atoms with Gasteiger partial charge in [-0.1, -0.05) is 33.6 Å². The zero-order valence-electron chi connectivity index (χ0n) is 13.3. The van der Waals surface area contributed by atoms with Gasteiger partial charge in [0.15, 0.2) is 9.84 Å². The molecule has 0 aromatic carbocycles. The lowest BCUT2D eigenvalue weighted by atomic mass is 9.72. The summed E-state index contributed by atoms with van der Waals surface area (Å²) in [4.78, 5) is 0. The van der Waals surface area contributed by atoms with Gasteiger partial charge in [0.1, 0.15) is 0 Å². The van der Waals surface area contributed by atoms with Gasteiger partial charge in [0.25, 0.3) is 0 Å². The number of rotatable bonds is 4. The smallest absolute Gasteiger partial charge is 0.154 e. The summed E-state index contributed by atoms with van der Waals surface area (Å²) in [5.41, 5.74) is 0. The highest BCUT2D eigenvalue weighted by Crippen LogP contribution is 2.38. The first kappa shape index (κ1) is 16.3. The average Bonchev–Trinajstić information content (AvgIpc) is 2.40. The molecule has 1 heterocycles. The van der Waals surface area contributed by atoms with Crippen LogP contribution < -0.4 is 5.32 Å². The highest BCUT2D eigenvalue weighted by Gasteiger charge is 2.40. The second-order valence-electron chi connectivity index (χ2n) is 7.01. The SMILES string of the molecule is CCNC(C1CCC(C)C(C)C1)C1CCCCS1(=O)=O. The standard InChI is InChI=1S/C16H31NO2S/c1-4-17-16(14-9-8-12(2)13(3)11-14)15-7-5-6-10-20(15,18)19/h12-17H,4-11H2,1-3H3. The van der Waals surface area contributed by atoms with Crippen LogP contribution in [0.5, 0.6) is 0 Å². The molecule has 0 spiro atoms. The third-order valence-corrected chi connectivity index (χ3v) is 7.92. The van der Waals surface area contributed by atoms with Crippen LogP contribution in [0.25, 0.3) is 0 Å². The van der Waals surface area contributed by atoms with Crippen LogP contribution >= 0.6 is 0 Å². The molecule has 0 amide bonds. The van der Waals surface area contributed by atoms with Crippen molar-refractivity contribution in [3.8, 4) is 0 Å². The lowest BCUT2D eigenvalue weighted by Crippen LogP contribution is -2.52. The second kappa shape index (κ2) is 6.78. The van der Waals surface area contributed by atoms with E-state index in [2.05, 4.69) is 26.1 Å². The van der Waals surface area contributed by atoms with E-state index in [1.54, 1.807) is 0 Å². The Morgan fingerprint density at radius 3 is 2.45 bits per heavy atom. The van der Waals surface area contributed by atoms with Crippen molar-refractivity contribution in [1.29, 1.82) is 0 Å². The number of hydrogen-bond acceptors (Lipinski definition) is 3. The Hall–Kier alpha value is -0.0900. The van der Waals surface area contributed by atoms with Gasteiger partial charge in [-0.05, 0) is 50.0 Å². The van der Waals surface area contributed by atoms with Crippen molar-refractivity contribution in [2.24, 2.45) is 17.8 Å². The monoisotopic (exact) mass is 301 g/mol. The number of nitrogens with one attached hydrogen (secondary N) is 1. The summed E-state index contributed by atoms with van der Waals surface area (Å²) in [7, 11) is -2.89. The molecule has 2 aliphatic rings. The van der Waals surface area contributed by atoms with Gasteiger partial charge in [-0.2, -0.15) is 0 Å². The molecule has 5 atom stereocenters. The van der Waals surface area contributed by atoms with Crippen molar-refractivity contribution in [1.82, 2.24) is 5.32 Å². The van der Waals surface area contributed by atoms with Gasteiger partial charge in [0.05, 0.1) is 11.0 Å². The van der Waals surface area contributed by atoms with E-state index < -0.39 is 9.84 Å². The van der Waals surface area contributed by atoms with E-state index in [1.807, 2.05) is 0 Å². The molecule has 2 rings (SSSR count). The summed E-state index contributed by atoms with van der Waals surface area (Å²) >= 11 is 0. The molecule has 0 aromatic rings. The van der Waals surface area contributed by atoms with Crippen LogP contribution in [-0.2, 0) is 9.84 Å². The largest absolute Gasteiger partial charge is 0.313 e. The highest BCUT2D eigenvalue weighted by atomic mass is 32.2. The highest BCUT2D eigenvalue weighted by molar-refractivity contribution is 7.92. The summed E-state index contributed by atoms with van der Waals surface area (Å²) in [6, 6.07) is 0.181. The maximum atomic E-state index is 12.4. The first-order valence-corrected chi connectivity index (χ1v) is 10.1. The molecule has 1 aliphatic heterocycles. The molecule has 0 aromatic heterocycles. The summed E-state index contributed by atoms with van der Waals surface area (Å²) in [6.45, 7) is 7.63. The van der Waals surface area contributed by atoms with Crippen LogP contribution in [0.2, 0.25) is 0 Å². The third-order valence-electron chi connectivity index (χ3n) is 5.62. The molecule has 0 bridgehead atoms. The van der Waals surface area contributed by atoms with Crippen molar-refractivity contribution < 1.29 is 8.42 Å². The Labute approximate surface area is 124 Å². The van der Waals surface area contributed by atoms with Crippen LogP contribution in [0.3, 0.4) is 0 Å². The molecule has 1 N–H and O–H groups in total. The van der Waals surface area contributed by atoms with E-state index in [0.717, 1.165) is 37.6 Å². The Morgan fingerprint density at radius 1 is 1.10 bits per heavy atom. The Bertz CT molecular complexity index is 407. The molecular weight excluding hydrogens is 270 g/mol. The van der Waals surface area contributed by atoms with E-state index in [9.17, 15) is 8.42 Å². The summed E-state index contributed by atoms with van der Waals surface area (Å²) in [6.07, 6.45) is 6.42. The van der Waals surface area contributed by atoms with Crippen molar-refractivity contribution in [2.45, 2.75) is 70.6 Å². The van der Waals surface area contributed by atoms with Gasteiger partial charge >= 0.3 is 0 Å². The van der Waals surface area contributed by atoms with Crippen molar-refractivity contribution in [3.05, 3.63) is 0 Å². The van der Waals surface area contributed by atoms with Crippen LogP contribution in [0.15, 0.2) is 0 Å². The topological polar surface area (TPSA) is 46.2 Å². The van der Waals surface area contributed by atoms with Crippen molar-refractivity contribution in [2.75, 3.05) is 12.3 Å². The number of hydrogen-bond donors (Lipinski definition) is 1. The predicted octanol–water partition coefficient (Wildman–Crippen LogP) is 3.00. The summed E-state index contributed by atoms with van der Waals surface area (Å²) < 4.78 is 24.9. The van der Waals surface area contributed by atoms with Crippen LogP contribution in [0.4, 0.5) is 0 Å². The maximum Gasteiger partial charge on any atom is 0.154 e. The Kier molecular flexibility index (Phi) is 5.52. The minimum absolute atomic E-state index is 0.137. The molecule has 3 nitrogen and oxygen atoms in total. The maximum absolute atomic E-state index is 12.4. The molecular formula is C16H31NO2S. The Morgan fingerprint density at radius 2 is 1.85 bits per heavy atom. The average molecular weight is 301 g/mol. The second-order valence-corrected chi connectivity index (χ2v) is 9.35. The van der Waals surface area contributed by atoms with Gasteiger partial charge < -0.3 is 5.32 Å². The first-order valence-electron chi connectivity index (χ1n) is 8.40. The Balaban J connectivity index is 2.14. The fourth-order valence-corrected chi connectivity index (χ4v) is 6.34. The van der Waals surface area contributed by atoms with Gasteiger partial charge in [-0.25, -0.2) is 8.42 Å². The lowest BCUT2D eigenvalue weighted by Gasteiger charge is -2.41. The fourth-order valence-electron chi connectivity index (χ4n) is 4.14. The molecule has 1 aliphatic carbocycles. The van der Waals surface area contributed by atoms with E-state index >= 15 is 0 Å². The molecule has 2 fully saturated rings. The van der Waals surface area contributed by atoms with Crippen LogP contribution in [0, 0.1) is 17.8 Å². The van der Waals surface area contributed by atoms with Crippen molar-refractivity contribution in [3.63, 3.8) is 0 Å². The van der Waals surface area contributed by atoms with Gasteiger partial charge in [0.2, 0.25) is 0 Å². The fraction of sp³-hybridized carbons (Fsp3) is 1.00. The molecule has 1 saturated carbocycles. The van der Waals surface area contributed by atoms with Gasteiger partial charge in [0, 0.05) is 6.04 Å². The molecule has 4 heteroatoms. The van der Waals surface area contributed by atoms with Crippen LogP contribution in [-0.4, -0.2) is 32.0 Å². The normalized spacial score (nSPS) is 39.4. The quantitative estimate of drug-likeness (QED) is 0.868. The molecule has 1 saturated heterocycles. The lowest BCUT2D eigenvalue weighted by molar-refractivity contribution is 0.166. The van der Waals surface area contributed by atoms with E-state index in [0.29, 0.717) is 11.7 Å². The predicted molar refractivity (Wildman–Crippen MR) is 84.6 cm³/mol. The summed E-state index contributed by atoms with van der Waals surface area (Å²) in [5.74, 6) is 2.45.